The van der Waals surface area contributed by atoms with Crippen LogP contribution < -0.4 is 4.90 Å². The molecule has 1 aliphatic rings. The third-order valence-electron chi connectivity index (χ3n) is 4.68. The summed E-state index contributed by atoms with van der Waals surface area (Å²) >= 11 is 0. The van der Waals surface area contributed by atoms with E-state index in [1.807, 2.05) is 37.3 Å². The molecule has 1 fully saturated rings. The Kier molecular flexibility index (Phi) is 4.98. The van der Waals surface area contributed by atoms with Gasteiger partial charge in [0.2, 0.25) is 11.8 Å². The number of carboxylic acids is 1. The molecule has 132 valence electrons. The van der Waals surface area contributed by atoms with E-state index >= 15 is 0 Å². The van der Waals surface area contributed by atoms with Crippen molar-refractivity contribution >= 4 is 29.5 Å². The molecular formula is C21H19NO4. The van der Waals surface area contributed by atoms with E-state index in [2.05, 4.69) is 0 Å². The van der Waals surface area contributed by atoms with Crippen molar-refractivity contribution in [3.63, 3.8) is 0 Å². The van der Waals surface area contributed by atoms with Gasteiger partial charge in [-0.3, -0.25) is 14.5 Å². The zero-order chi connectivity index (χ0) is 18.7. The molecule has 2 atom stereocenters. The highest BCUT2D eigenvalue weighted by atomic mass is 16.4. The molecule has 1 saturated heterocycles. The number of carboxylic acid groups (broad SMARTS) is 1. The molecule has 0 spiro atoms. The van der Waals surface area contributed by atoms with Crippen LogP contribution in [0.5, 0.6) is 0 Å². The van der Waals surface area contributed by atoms with Gasteiger partial charge in [0.05, 0.1) is 11.6 Å². The minimum atomic E-state index is -1.03. The number of aliphatic carboxylic acids is 1. The molecule has 0 aliphatic carbocycles. The number of anilines is 1. The third kappa shape index (κ3) is 3.57. The molecule has 1 heterocycles. The van der Waals surface area contributed by atoms with E-state index in [0.717, 1.165) is 11.6 Å². The second-order valence-corrected chi connectivity index (χ2v) is 6.34. The zero-order valence-electron chi connectivity index (χ0n) is 14.3. The van der Waals surface area contributed by atoms with Crippen LogP contribution in [-0.4, -0.2) is 22.9 Å². The van der Waals surface area contributed by atoms with E-state index in [9.17, 15) is 14.4 Å². The molecule has 1 aliphatic heterocycles. The molecule has 1 N–H and O–H groups in total. The summed E-state index contributed by atoms with van der Waals surface area (Å²) in [4.78, 5) is 37.1. The van der Waals surface area contributed by atoms with Gasteiger partial charge in [-0.1, -0.05) is 49.4 Å². The number of rotatable bonds is 5. The van der Waals surface area contributed by atoms with Gasteiger partial charge in [-0.15, -0.1) is 0 Å². The van der Waals surface area contributed by atoms with Crippen molar-refractivity contribution in [2.24, 2.45) is 5.92 Å². The number of carbonyl (C=O) groups excluding carboxylic acids is 2. The number of hydrogen-bond acceptors (Lipinski definition) is 3. The molecular weight excluding hydrogens is 330 g/mol. The van der Waals surface area contributed by atoms with Crippen LogP contribution in [0.15, 0.2) is 60.7 Å². The van der Waals surface area contributed by atoms with Crippen LogP contribution in [0.25, 0.3) is 6.08 Å². The minimum absolute atomic E-state index is 0.0459. The van der Waals surface area contributed by atoms with Crippen molar-refractivity contribution in [2.75, 3.05) is 4.90 Å². The molecule has 3 rings (SSSR count). The first-order valence-corrected chi connectivity index (χ1v) is 8.40. The first kappa shape index (κ1) is 17.6. The lowest BCUT2D eigenvalue weighted by molar-refractivity contribution is -0.131. The van der Waals surface area contributed by atoms with Gasteiger partial charge in [0.1, 0.15) is 0 Å². The van der Waals surface area contributed by atoms with E-state index in [4.69, 9.17) is 5.11 Å². The van der Waals surface area contributed by atoms with Gasteiger partial charge < -0.3 is 5.11 Å². The highest BCUT2D eigenvalue weighted by molar-refractivity contribution is 6.21. The SMILES string of the molecule is C[C@@H](c1ccccc1)[C@H]1CC(=O)N(c2ccc(/C=C/C(=O)O)cc2)C1=O. The topological polar surface area (TPSA) is 74.7 Å². The van der Waals surface area contributed by atoms with Gasteiger partial charge >= 0.3 is 5.97 Å². The lowest BCUT2D eigenvalue weighted by Gasteiger charge is -2.19. The van der Waals surface area contributed by atoms with Gasteiger partial charge in [-0.2, -0.15) is 0 Å². The van der Waals surface area contributed by atoms with Crippen molar-refractivity contribution in [1.29, 1.82) is 0 Å². The second-order valence-electron chi connectivity index (χ2n) is 6.34. The Bertz CT molecular complexity index is 855. The van der Waals surface area contributed by atoms with Crippen molar-refractivity contribution in [2.45, 2.75) is 19.3 Å². The Hall–Kier alpha value is -3.21. The number of carbonyl (C=O) groups is 3. The van der Waals surface area contributed by atoms with Crippen LogP contribution in [0.2, 0.25) is 0 Å². The fourth-order valence-corrected chi connectivity index (χ4v) is 3.21. The first-order chi connectivity index (χ1) is 12.5. The van der Waals surface area contributed by atoms with Crippen LogP contribution in [0.1, 0.15) is 30.4 Å². The smallest absolute Gasteiger partial charge is 0.328 e. The molecule has 26 heavy (non-hydrogen) atoms. The predicted octanol–water partition coefficient (Wildman–Crippen LogP) is 3.47. The number of hydrogen-bond donors (Lipinski definition) is 1. The average molecular weight is 349 g/mol. The maximum absolute atomic E-state index is 12.8. The fourth-order valence-electron chi connectivity index (χ4n) is 3.21. The summed E-state index contributed by atoms with van der Waals surface area (Å²) in [7, 11) is 0. The van der Waals surface area contributed by atoms with Gasteiger partial charge in [0.25, 0.3) is 0 Å². The molecule has 0 radical (unpaired) electrons. The van der Waals surface area contributed by atoms with Gasteiger partial charge in [-0.05, 0) is 35.3 Å². The molecule has 0 bridgehead atoms. The summed E-state index contributed by atoms with van der Waals surface area (Å²) in [6, 6.07) is 16.4. The van der Waals surface area contributed by atoms with E-state index in [0.29, 0.717) is 11.3 Å². The Labute approximate surface area is 151 Å². The van der Waals surface area contributed by atoms with Crippen LogP contribution in [0, 0.1) is 5.92 Å². The quantitative estimate of drug-likeness (QED) is 0.662. The van der Waals surface area contributed by atoms with Gasteiger partial charge in [0, 0.05) is 12.5 Å². The lowest BCUT2D eigenvalue weighted by atomic mass is 9.86. The van der Waals surface area contributed by atoms with E-state index in [1.165, 1.54) is 11.0 Å². The fraction of sp³-hybridized carbons (Fsp3) is 0.190. The minimum Gasteiger partial charge on any atom is -0.478 e. The van der Waals surface area contributed by atoms with Crippen LogP contribution in [0.3, 0.4) is 0 Å². The zero-order valence-corrected chi connectivity index (χ0v) is 14.3. The molecule has 0 aromatic heterocycles. The summed E-state index contributed by atoms with van der Waals surface area (Å²) < 4.78 is 0. The van der Waals surface area contributed by atoms with Crippen molar-refractivity contribution in [3.05, 3.63) is 71.8 Å². The third-order valence-corrected chi connectivity index (χ3v) is 4.68. The van der Waals surface area contributed by atoms with Gasteiger partial charge in [-0.25, -0.2) is 4.79 Å². The average Bonchev–Trinajstić information content (AvgIpc) is 2.95. The Balaban J connectivity index is 1.80. The standard InChI is InChI=1S/C21H19NO4/c1-14(16-5-3-2-4-6-16)18-13-19(23)22(21(18)26)17-10-7-15(8-11-17)9-12-20(24)25/h2-12,14,18H,13H2,1H3,(H,24,25)/b12-9+/t14-,18+/m0/s1. The number of amides is 2. The summed E-state index contributed by atoms with van der Waals surface area (Å²) in [6.07, 6.45) is 2.69. The number of benzene rings is 2. The van der Waals surface area contributed by atoms with Crippen LogP contribution >= 0.6 is 0 Å². The van der Waals surface area contributed by atoms with Crippen LogP contribution in [0.4, 0.5) is 5.69 Å². The van der Waals surface area contributed by atoms with E-state index < -0.39 is 5.97 Å². The number of nitrogens with zero attached hydrogens (tertiary/aromatic N) is 1. The highest BCUT2D eigenvalue weighted by Gasteiger charge is 2.42. The molecule has 2 amide bonds. The predicted molar refractivity (Wildman–Crippen MR) is 98.6 cm³/mol. The Morgan fingerprint density at radius 3 is 2.38 bits per heavy atom. The van der Waals surface area contributed by atoms with Gasteiger partial charge in [0.15, 0.2) is 0 Å². The summed E-state index contributed by atoms with van der Waals surface area (Å²) in [5.74, 6) is -1.86. The summed E-state index contributed by atoms with van der Waals surface area (Å²) in [5, 5.41) is 8.66. The monoisotopic (exact) mass is 349 g/mol. The Morgan fingerprint density at radius 1 is 1.12 bits per heavy atom. The Morgan fingerprint density at radius 2 is 1.77 bits per heavy atom. The van der Waals surface area contributed by atoms with E-state index in [-0.39, 0.29) is 30.1 Å². The maximum Gasteiger partial charge on any atom is 0.328 e. The van der Waals surface area contributed by atoms with Crippen molar-refractivity contribution in [3.8, 4) is 0 Å². The highest BCUT2D eigenvalue weighted by Crippen LogP contribution is 2.35. The summed E-state index contributed by atoms with van der Waals surface area (Å²) in [6.45, 7) is 1.97. The molecule has 5 heteroatoms. The second kappa shape index (κ2) is 7.35. The normalized spacial score (nSPS) is 18.5. The molecule has 2 aromatic rings. The molecule has 2 aromatic carbocycles. The van der Waals surface area contributed by atoms with E-state index in [1.54, 1.807) is 24.3 Å². The molecule has 5 nitrogen and oxygen atoms in total. The van der Waals surface area contributed by atoms with Crippen LogP contribution in [-0.2, 0) is 14.4 Å². The van der Waals surface area contributed by atoms with Crippen molar-refractivity contribution in [1.82, 2.24) is 0 Å². The largest absolute Gasteiger partial charge is 0.478 e. The summed E-state index contributed by atoms with van der Waals surface area (Å²) in [5.41, 5.74) is 2.23. The molecule has 0 saturated carbocycles. The molecule has 0 unspecified atom stereocenters. The maximum atomic E-state index is 12.8. The number of imide groups is 1. The van der Waals surface area contributed by atoms with Crippen molar-refractivity contribution < 1.29 is 19.5 Å². The first-order valence-electron chi connectivity index (χ1n) is 8.40. The lowest BCUT2D eigenvalue weighted by Crippen LogP contribution is -2.31.